The summed E-state index contributed by atoms with van der Waals surface area (Å²) in [5, 5.41) is 7.46. The lowest BCUT2D eigenvalue weighted by atomic mass is 9.86. The Balaban J connectivity index is 2.08. The Morgan fingerprint density at radius 3 is 2.60 bits per heavy atom. The zero-order valence-corrected chi connectivity index (χ0v) is 14.7. The lowest BCUT2D eigenvalue weighted by molar-refractivity contribution is -0.143. The van der Waals surface area contributed by atoms with Gasteiger partial charge in [-0.2, -0.15) is 14.6 Å². The molecule has 0 unspecified atom stereocenters. The van der Waals surface area contributed by atoms with Gasteiger partial charge < -0.3 is 10.1 Å². The van der Waals surface area contributed by atoms with Crippen molar-refractivity contribution in [3.05, 3.63) is 42.7 Å². The molecule has 0 amide bonds. The molecule has 1 aromatic carbocycles. The first kappa shape index (κ1) is 16.9. The second-order valence-corrected chi connectivity index (χ2v) is 6.83. The third-order valence-electron chi connectivity index (χ3n) is 3.92. The summed E-state index contributed by atoms with van der Waals surface area (Å²) in [5.74, 6) is 0.756. The minimum absolute atomic E-state index is 0.334. The molecule has 0 aliphatic carbocycles. The van der Waals surface area contributed by atoms with Gasteiger partial charge in [-0.1, -0.05) is 51.1 Å². The topological polar surface area (TPSA) is 81.4 Å². The number of hydrogen-bond acceptors (Lipinski definition) is 6. The molecule has 7 heteroatoms. The zero-order valence-electron chi connectivity index (χ0n) is 14.7. The summed E-state index contributed by atoms with van der Waals surface area (Å²) in [4.78, 5) is 21.0. The summed E-state index contributed by atoms with van der Waals surface area (Å²) in [6.07, 6.45) is 1.44. The molecule has 2 heterocycles. The highest BCUT2D eigenvalue weighted by atomic mass is 16.5. The van der Waals surface area contributed by atoms with Gasteiger partial charge >= 0.3 is 5.97 Å². The van der Waals surface area contributed by atoms with Crippen LogP contribution in [0.5, 0.6) is 0 Å². The molecule has 1 atom stereocenters. The van der Waals surface area contributed by atoms with Crippen molar-refractivity contribution in [3.8, 4) is 11.3 Å². The number of rotatable bonds is 4. The van der Waals surface area contributed by atoms with Gasteiger partial charge in [0.2, 0.25) is 0 Å². The molecule has 0 spiro atoms. The van der Waals surface area contributed by atoms with E-state index in [1.165, 1.54) is 13.4 Å². The van der Waals surface area contributed by atoms with Crippen molar-refractivity contribution >= 4 is 17.6 Å². The van der Waals surface area contributed by atoms with Gasteiger partial charge in [-0.3, -0.25) is 0 Å². The number of hydrogen-bond donors (Lipinski definition) is 1. The predicted octanol–water partition coefficient (Wildman–Crippen LogP) is 2.79. The largest absolute Gasteiger partial charge is 0.467 e. The number of fused-ring (bicyclic) bond motifs is 1. The van der Waals surface area contributed by atoms with Gasteiger partial charge in [0.15, 0.2) is 0 Å². The third-order valence-corrected chi connectivity index (χ3v) is 3.92. The van der Waals surface area contributed by atoms with Crippen LogP contribution in [-0.4, -0.2) is 38.7 Å². The number of aromatic nitrogens is 4. The van der Waals surface area contributed by atoms with E-state index in [2.05, 4.69) is 20.4 Å². The van der Waals surface area contributed by atoms with Crippen molar-refractivity contribution in [1.82, 2.24) is 19.6 Å². The number of methoxy groups -OCH3 is 1. The van der Waals surface area contributed by atoms with E-state index < -0.39 is 6.04 Å². The molecule has 0 aliphatic rings. The van der Waals surface area contributed by atoms with Gasteiger partial charge in [-0.25, -0.2) is 9.78 Å². The number of carbonyl (C=O) groups excluding carboxylic acids is 1. The third kappa shape index (κ3) is 3.45. The van der Waals surface area contributed by atoms with Gasteiger partial charge in [0.05, 0.1) is 12.8 Å². The molecule has 0 saturated heterocycles. The first-order valence-corrected chi connectivity index (χ1v) is 8.00. The summed E-state index contributed by atoms with van der Waals surface area (Å²) in [5.41, 5.74) is 1.36. The molecule has 0 saturated carbocycles. The van der Waals surface area contributed by atoms with Crippen LogP contribution in [0.2, 0.25) is 0 Å². The van der Waals surface area contributed by atoms with Crippen molar-refractivity contribution in [2.24, 2.45) is 5.41 Å². The van der Waals surface area contributed by atoms with E-state index in [4.69, 9.17) is 4.74 Å². The maximum absolute atomic E-state index is 12.2. The molecule has 0 bridgehead atoms. The second kappa shape index (κ2) is 6.51. The summed E-state index contributed by atoms with van der Waals surface area (Å²) < 4.78 is 6.53. The van der Waals surface area contributed by atoms with Crippen LogP contribution < -0.4 is 5.32 Å². The van der Waals surface area contributed by atoms with Crippen molar-refractivity contribution < 1.29 is 9.53 Å². The van der Waals surface area contributed by atoms with Gasteiger partial charge in [0, 0.05) is 11.6 Å². The number of nitrogens with one attached hydrogen (secondary N) is 1. The van der Waals surface area contributed by atoms with E-state index in [0.29, 0.717) is 11.6 Å². The molecule has 3 aromatic rings. The van der Waals surface area contributed by atoms with Gasteiger partial charge in [0.25, 0.3) is 5.78 Å². The molecule has 25 heavy (non-hydrogen) atoms. The average molecular weight is 339 g/mol. The molecule has 0 radical (unpaired) electrons. The van der Waals surface area contributed by atoms with Crippen LogP contribution in [0.25, 0.3) is 17.0 Å². The van der Waals surface area contributed by atoms with E-state index in [9.17, 15) is 4.79 Å². The van der Waals surface area contributed by atoms with Crippen molar-refractivity contribution in [2.45, 2.75) is 26.8 Å². The molecule has 3 rings (SSSR count). The van der Waals surface area contributed by atoms with Crippen LogP contribution in [0.1, 0.15) is 20.8 Å². The smallest absolute Gasteiger partial charge is 0.328 e. The lowest BCUT2D eigenvalue weighted by Gasteiger charge is -2.29. The normalized spacial score (nSPS) is 12.8. The van der Waals surface area contributed by atoms with E-state index in [0.717, 1.165) is 11.3 Å². The van der Waals surface area contributed by atoms with Crippen LogP contribution >= 0.6 is 0 Å². The number of nitrogens with zero attached hydrogens (tertiary/aromatic N) is 4. The van der Waals surface area contributed by atoms with E-state index in [-0.39, 0.29) is 11.4 Å². The van der Waals surface area contributed by atoms with Gasteiger partial charge in [-0.05, 0) is 5.41 Å². The van der Waals surface area contributed by atoms with E-state index in [1.807, 2.05) is 57.2 Å². The Morgan fingerprint density at radius 2 is 1.96 bits per heavy atom. The second-order valence-electron chi connectivity index (χ2n) is 6.83. The highest BCUT2D eigenvalue weighted by molar-refractivity contribution is 5.80. The molecular weight excluding hydrogens is 318 g/mol. The number of esters is 1. The van der Waals surface area contributed by atoms with Crippen LogP contribution in [0.4, 0.5) is 5.82 Å². The first-order valence-electron chi connectivity index (χ1n) is 8.00. The Labute approximate surface area is 146 Å². The first-order chi connectivity index (χ1) is 11.9. The fraction of sp³-hybridized carbons (Fsp3) is 0.333. The summed E-state index contributed by atoms with van der Waals surface area (Å²) >= 11 is 0. The van der Waals surface area contributed by atoms with Gasteiger partial charge in [-0.15, -0.1) is 0 Å². The maximum atomic E-state index is 12.2. The van der Waals surface area contributed by atoms with Crippen molar-refractivity contribution in [3.63, 3.8) is 0 Å². The molecule has 0 fully saturated rings. The highest BCUT2D eigenvalue weighted by Crippen LogP contribution is 2.26. The van der Waals surface area contributed by atoms with Crippen molar-refractivity contribution in [1.29, 1.82) is 0 Å². The monoisotopic (exact) mass is 339 g/mol. The predicted molar refractivity (Wildman–Crippen MR) is 95.1 cm³/mol. The van der Waals surface area contributed by atoms with E-state index >= 15 is 0 Å². The standard InChI is InChI=1S/C18H21N5O2/c1-18(2,3)15(16(24)25-4)22-14-10-13(12-8-6-5-7-9-12)21-17-19-11-20-23(14)17/h5-11,15,22H,1-4H3/t15-/m1/s1. The SMILES string of the molecule is COC(=O)[C@@H](Nc1cc(-c2ccccc2)nc2ncnn12)C(C)(C)C. The summed E-state index contributed by atoms with van der Waals surface area (Å²) in [6, 6.07) is 11.1. The Kier molecular flexibility index (Phi) is 4.39. The summed E-state index contributed by atoms with van der Waals surface area (Å²) in [6.45, 7) is 5.91. The van der Waals surface area contributed by atoms with Crippen LogP contribution in [-0.2, 0) is 9.53 Å². The molecule has 1 N–H and O–H groups in total. The fourth-order valence-corrected chi connectivity index (χ4v) is 2.57. The molecule has 7 nitrogen and oxygen atoms in total. The average Bonchev–Trinajstić information content (AvgIpc) is 3.07. The Bertz CT molecular complexity index is 883. The number of ether oxygens (including phenoxy) is 1. The number of anilines is 1. The molecule has 0 aliphatic heterocycles. The minimum Gasteiger partial charge on any atom is -0.467 e. The highest BCUT2D eigenvalue weighted by Gasteiger charge is 2.33. The molecular formula is C18H21N5O2. The summed E-state index contributed by atoms with van der Waals surface area (Å²) in [7, 11) is 1.38. The minimum atomic E-state index is -0.545. The Morgan fingerprint density at radius 1 is 1.24 bits per heavy atom. The fourth-order valence-electron chi connectivity index (χ4n) is 2.57. The van der Waals surface area contributed by atoms with Gasteiger partial charge in [0.1, 0.15) is 18.2 Å². The number of benzene rings is 1. The van der Waals surface area contributed by atoms with Crippen LogP contribution in [0.15, 0.2) is 42.7 Å². The van der Waals surface area contributed by atoms with E-state index in [1.54, 1.807) is 4.52 Å². The molecule has 130 valence electrons. The van der Waals surface area contributed by atoms with Crippen LogP contribution in [0, 0.1) is 5.41 Å². The number of carbonyl (C=O) groups is 1. The zero-order chi connectivity index (χ0) is 18.0. The Hall–Kier alpha value is -2.96. The quantitative estimate of drug-likeness (QED) is 0.736. The molecule has 2 aromatic heterocycles. The van der Waals surface area contributed by atoms with Crippen LogP contribution in [0.3, 0.4) is 0 Å². The lowest BCUT2D eigenvalue weighted by Crippen LogP contribution is -2.42. The van der Waals surface area contributed by atoms with Crippen molar-refractivity contribution in [2.75, 3.05) is 12.4 Å². The maximum Gasteiger partial charge on any atom is 0.328 e.